The van der Waals surface area contributed by atoms with Gasteiger partial charge in [0.25, 0.3) is 0 Å². The molecule has 0 bridgehead atoms. The number of ether oxygens (including phenoxy) is 3. The maximum Gasteiger partial charge on any atom is 0.184 e. The molecule has 0 amide bonds. The Labute approximate surface area is 101 Å². The van der Waals surface area contributed by atoms with Gasteiger partial charge in [0.15, 0.2) is 6.29 Å². The van der Waals surface area contributed by atoms with Crippen LogP contribution in [0.15, 0.2) is 30.3 Å². The molecule has 2 fully saturated rings. The van der Waals surface area contributed by atoms with Crippen LogP contribution in [0.4, 0.5) is 0 Å². The standard InChI is InChI=1S/C13H17NO3/c14-10-6-7-15-11-8-16-13(17-12(10)11)9-4-2-1-3-5-9/h1-5,10-13H,6-8,14H2. The van der Waals surface area contributed by atoms with E-state index >= 15 is 0 Å². The summed E-state index contributed by atoms with van der Waals surface area (Å²) in [6, 6.07) is 9.98. The second-order valence-corrected chi connectivity index (χ2v) is 4.54. The zero-order chi connectivity index (χ0) is 11.7. The van der Waals surface area contributed by atoms with E-state index in [0.717, 1.165) is 12.0 Å². The van der Waals surface area contributed by atoms with Gasteiger partial charge in [-0.25, -0.2) is 0 Å². The van der Waals surface area contributed by atoms with Gasteiger partial charge >= 0.3 is 0 Å². The maximum absolute atomic E-state index is 6.07. The lowest BCUT2D eigenvalue weighted by Gasteiger charge is -2.42. The van der Waals surface area contributed by atoms with E-state index in [2.05, 4.69) is 0 Å². The molecule has 2 aliphatic heterocycles. The van der Waals surface area contributed by atoms with Gasteiger partial charge in [0.2, 0.25) is 0 Å². The van der Waals surface area contributed by atoms with Gasteiger partial charge in [-0.2, -0.15) is 0 Å². The molecule has 2 N–H and O–H groups in total. The summed E-state index contributed by atoms with van der Waals surface area (Å²) in [4.78, 5) is 0. The molecule has 92 valence electrons. The summed E-state index contributed by atoms with van der Waals surface area (Å²) < 4.78 is 17.2. The SMILES string of the molecule is NC1CCOC2COC(c3ccccc3)OC12. The van der Waals surface area contributed by atoms with Crippen molar-refractivity contribution in [2.45, 2.75) is 31.0 Å². The number of fused-ring (bicyclic) bond motifs is 1. The van der Waals surface area contributed by atoms with E-state index in [1.54, 1.807) is 0 Å². The van der Waals surface area contributed by atoms with Gasteiger partial charge in [-0.3, -0.25) is 0 Å². The molecule has 4 atom stereocenters. The van der Waals surface area contributed by atoms with Crippen LogP contribution in [0.5, 0.6) is 0 Å². The number of hydrogen-bond donors (Lipinski definition) is 1. The molecule has 4 unspecified atom stereocenters. The van der Waals surface area contributed by atoms with Crippen molar-refractivity contribution in [3.05, 3.63) is 35.9 Å². The Morgan fingerprint density at radius 2 is 1.94 bits per heavy atom. The minimum Gasteiger partial charge on any atom is -0.373 e. The van der Waals surface area contributed by atoms with Gasteiger partial charge in [0, 0.05) is 18.2 Å². The van der Waals surface area contributed by atoms with Crippen LogP contribution >= 0.6 is 0 Å². The molecule has 4 heteroatoms. The molecule has 3 rings (SSSR count). The Hall–Kier alpha value is -0.940. The Balaban J connectivity index is 1.74. The van der Waals surface area contributed by atoms with E-state index < -0.39 is 0 Å². The Morgan fingerprint density at radius 1 is 1.12 bits per heavy atom. The van der Waals surface area contributed by atoms with Crippen LogP contribution in [0.2, 0.25) is 0 Å². The van der Waals surface area contributed by atoms with Crippen molar-refractivity contribution in [2.24, 2.45) is 5.73 Å². The fourth-order valence-electron chi connectivity index (χ4n) is 2.37. The number of hydrogen-bond acceptors (Lipinski definition) is 4. The van der Waals surface area contributed by atoms with Gasteiger partial charge < -0.3 is 19.9 Å². The second-order valence-electron chi connectivity index (χ2n) is 4.54. The fraction of sp³-hybridized carbons (Fsp3) is 0.538. The van der Waals surface area contributed by atoms with E-state index in [1.807, 2.05) is 30.3 Å². The molecule has 2 saturated heterocycles. The molecule has 1 aromatic rings. The third-order valence-corrected chi connectivity index (χ3v) is 3.34. The summed E-state index contributed by atoms with van der Waals surface area (Å²) in [5, 5.41) is 0. The highest BCUT2D eigenvalue weighted by atomic mass is 16.7. The summed E-state index contributed by atoms with van der Waals surface area (Å²) in [6.07, 6.45) is 0.467. The van der Waals surface area contributed by atoms with E-state index in [9.17, 15) is 0 Å². The highest BCUT2D eigenvalue weighted by molar-refractivity contribution is 5.16. The molecule has 2 aliphatic rings. The molecule has 4 nitrogen and oxygen atoms in total. The summed E-state index contributed by atoms with van der Waals surface area (Å²) in [7, 11) is 0. The number of nitrogens with two attached hydrogens (primary N) is 1. The third-order valence-electron chi connectivity index (χ3n) is 3.34. The highest BCUT2D eigenvalue weighted by Gasteiger charge is 2.39. The van der Waals surface area contributed by atoms with Crippen molar-refractivity contribution in [1.29, 1.82) is 0 Å². The van der Waals surface area contributed by atoms with Gasteiger partial charge in [0.1, 0.15) is 12.2 Å². The van der Waals surface area contributed by atoms with Crippen molar-refractivity contribution >= 4 is 0 Å². The van der Waals surface area contributed by atoms with Gasteiger partial charge in [-0.1, -0.05) is 30.3 Å². The molecule has 0 saturated carbocycles. The molecule has 0 aromatic heterocycles. The summed E-state index contributed by atoms with van der Waals surface area (Å²) >= 11 is 0. The predicted molar refractivity (Wildman–Crippen MR) is 62.3 cm³/mol. The second kappa shape index (κ2) is 4.74. The average Bonchev–Trinajstić information content (AvgIpc) is 2.40. The topological polar surface area (TPSA) is 53.7 Å². The maximum atomic E-state index is 6.07. The Bertz CT molecular complexity index is 370. The quantitative estimate of drug-likeness (QED) is 0.795. The van der Waals surface area contributed by atoms with Crippen molar-refractivity contribution < 1.29 is 14.2 Å². The van der Waals surface area contributed by atoms with E-state index in [1.165, 1.54) is 0 Å². The molecular formula is C13H17NO3. The first kappa shape index (κ1) is 11.2. The first-order valence-electron chi connectivity index (χ1n) is 6.04. The fourth-order valence-corrected chi connectivity index (χ4v) is 2.37. The van der Waals surface area contributed by atoms with Crippen LogP contribution < -0.4 is 5.73 Å². The van der Waals surface area contributed by atoms with Crippen LogP contribution in [-0.4, -0.2) is 31.5 Å². The Morgan fingerprint density at radius 3 is 2.76 bits per heavy atom. The van der Waals surface area contributed by atoms with Crippen molar-refractivity contribution in [1.82, 2.24) is 0 Å². The lowest BCUT2D eigenvalue weighted by atomic mass is 9.99. The van der Waals surface area contributed by atoms with Crippen LogP contribution in [0.25, 0.3) is 0 Å². The van der Waals surface area contributed by atoms with Crippen LogP contribution in [0.3, 0.4) is 0 Å². The summed E-state index contributed by atoms with van der Waals surface area (Å²) in [5.41, 5.74) is 7.10. The molecular weight excluding hydrogens is 218 g/mol. The first-order chi connectivity index (χ1) is 8.34. The van der Waals surface area contributed by atoms with Crippen LogP contribution in [-0.2, 0) is 14.2 Å². The molecule has 0 radical (unpaired) electrons. The summed E-state index contributed by atoms with van der Waals surface area (Å²) in [6.45, 7) is 1.25. The average molecular weight is 235 g/mol. The van der Waals surface area contributed by atoms with E-state index in [4.69, 9.17) is 19.9 Å². The number of benzene rings is 1. The molecule has 0 spiro atoms. The normalized spacial score (nSPS) is 37.5. The number of rotatable bonds is 1. The van der Waals surface area contributed by atoms with E-state index in [0.29, 0.717) is 13.2 Å². The lowest BCUT2D eigenvalue weighted by molar-refractivity contribution is -0.281. The Kier molecular flexibility index (Phi) is 3.11. The van der Waals surface area contributed by atoms with E-state index in [-0.39, 0.29) is 24.5 Å². The monoisotopic (exact) mass is 235 g/mol. The van der Waals surface area contributed by atoms with Gasteiger partial charge in [0.05, 0.1) is 6.61 Å². The minimum absolute atomic E-state index is 0.0151. The molecule has 0 aliphatic carbocycles. The predicted octanol–water partition coefficient (Wildman–Crippen LogP) is 1.22. The molecule has 2 heterocycles. The highest BCUT2D eigenvalue weighted by Crippen LogP contribution is 2.31. The smallest absolute Gasteiger partial charge is 0.184 e. The lowest BCUT2D eigenvalue weighted by Crippen LogP contribution is -2.55. The van der Waals surface area contributed by atoms with Crippen molar-refractivity contribution in [2.75, 3.05) is 13.2 Å². The molecule has 17 heavy (non-hydrogen) atoms. The molecule has 1 aromatic carbocycles. The first-order valence-corrected chi connectivity index (χ1v) is 6.04. The zero-order valence-electron chi connectivity index (χ0n) is 9.62. The summed E-state index contributed by atoms with van der Waals surface area (Å²) in [5.74, 6) is 0. The zero-order valence-corrected chi connectivity index (χ0v) is 9.62. The van der Waals surface area contributed by atoms with Crippen molar-refractivity contribution in [3.8, 4) is 0 Å². The van der Waals surface area contributed by atoms with Gasteiger partial charge in [-0.05, 0) is 6.42 Å². The third kappa shape index (κ3) is 2.21. The largest absolute Gasteiger partial charge is 0.373 e. The van der Waals surface area contributed by atoms with Crippen molar-refractivity contribution in [3.63, 3.8) is 0 Å². The van der Waals surface area contributed by atoms with Crippen LogP contribution in [0, 0.1) is 0 Å². The van der Waals surface area contributed by atoms with Crippen LogP contribution in [0.1, 0.15) is 18.3 Å². The van der Waals surface area contributed by atoms with Gasteiger partial charge in [-0.15, -0.1) is 0 Å². The minimum atomic E-state index is -0.315.